The summed E-state index contributed by atoms with van der Waals surface area (Å²) in [6.45, 7) is 0. The maximum Gasteiger partial charge on any atom is 0.335 e. The molecule has 4 aliphatic rings. The Hall–Kier alpha value is -2.43. The molecular weight excluding hydrogens is 282 g/mol. The van der Waals surface area contributed by atoms with Crippen molar-refractivity contribution in [3.05, 3.63) is 42.0 Å². The van der Waals surface area contributed by atoms with E-state index in [1.165, 1.54) is 17.0 Å². The number of fused-ring (bicyclic) bond motifs is 1. The van der Waals surface area contributed by atoms with E-state index in [1.54, 1.807) is 12.1 Å². The highest BCUT2D eigenvalue weighted by molar-refractivity contribution is 6.22. The van der Waals surface area contributed by atoms with Crippen molar-refractivity contribution in [2.75, 3.05) is 4.90 Å². The number of aromatic carboxylic acids is 1. The number of benzene rings is 1. The van der Waals surface area contributed by atoms with Gasteiger partial charge < -0.3 is 5.11 Å². The largest absolute Gasteiger partial charge is 0.478 e. The van der Waals surface area contributed by atoms with Crippen LogP contribution in [0.2, 0.25) is 0 Å². The van der Waals surface area contributed by atoms with Crippen molar-refractivity contribution in [3.8, 4) is 0 Å². The van der Waals surface area contributed by atoms with E-state index in [0.29, 0.717) is 5.69 Å². The number of carboxylic acid groups (broad SMARTS) is 1. The lowest BCUT2D eigenvalue weighted by Crippen LogP contribution is -2.38. The molecule has 5 nitrogen and oxygen atoms in total. The number of imide groups is 1. The number of rotatable bonds is 2. The Balaban J connectivity index is 1.75. The fraction of sp³-hybridized carbons (Fsp3) is 0.353. The molecule has 0 radical (unpaired) electrons. The lowest BCUT2D eigenvalue weighted by molar-refractivity contribution is -0.124. The second-order valence-corrected chi connectivity index (χ2v) is 6.21. The second-order valence-electron chi connectivity index (χ2n) is 6.21. The summed E-state index contributed by atoms with van der Waals surface area (Å²) in [6, 6.07) is 6.03. The number of carbonyl (C=O) groups excluding carboxylic acids is 2. The topological polar surface area (TPSA) is 74.7 Å². The van der Waals surface area contributed by atoms with E-state index in [2.05, 4.69) is 12.2 Å². The summed E-state index contributed by atoms with van der Waals surface area (Å²) in [7, 11) is 0. The van der Waals surface area contributed by atoms with Crippen LogP contribution in [0.15, 0.2) is 36.4 Å². The van der Waals surface area contributed by atoms with Gasteiger partial charge in [0.1, 0.15) is 0 Å². The predicted octanol–water partition coefficient (Wildman–Crippen LogP) is 2.09. The van der Waals surface area contributed by atoms with Crippen molar-refractivity contribution in [2.45, 2.75) is 12.8 Å². The van der Waals surface area contributed by atoms with E-state index in [1.807, 2.05) is 0 Å². The average Bonchev–Trinajstić information content (AvgIpc) is 2.82. The molecule has 5 rings (SSSR count). The highest BCUT2D eigenvalue weighted by Crippen LogP contribution is 2.50. The second kappa shape index (κ2) is 4.53. The molecule has 1 aromatic rings. The molecule has 22 heavy (non-hydrogen) atoms. The van der Waals surface area contributed by atoms with Crippen molar-refractivity contribution in [3.63, 3.8) is 0 Å². The average molecular weight is 297 g/mol. The third-order valence-corrected chi connectivity index (χ3v) is 5.11. The zero-order valence-corrected chi connectivity index (χ0v) is 11.8. The minimum Gasteiger partial charge on any atom is -0.478 e. The number of carbonyl (C=O) groups is 3. The molecule has 1 aromatic carbocycles. The van der Waals surface area contributed by atoms with Crippen molar-refractivity contribution >= 4 is 23.5 Å². The summed E-state index contributed by atoms with van der Waals surface area (Å²) >= 11 is 0. The van der Waals surface area contributed by atoms with Gasteiger partial charge in [0, 0.05) is 0 Å². The number of anilines is 1. The smallest absolute Gasteiger partial charge is 0.335 e. The Morgan fingerprint density at radius 1 is 1.05 bits per heavy atom. The minimum absolute atomic E-state index is 0.0778. The van der Waals surface area contributed by atoms with Gasteiger partial charge in [-0.1, -0.05) is 18.2 Å². The van der Waals surface area contributed by atoms with E-state index in [9.17, 15) is 14.4 Å². The third-order valence-electron chi connectivity index (χ3n) is 5.11. The minimum atomic E-state index is -1.07. The molecule has 1 saturated carbocycles. The summed E-state index contributed by atoms with van der Waals surface area (Å²) in [4.78, 5) is 37.8. The molecule has 2 fully saturated rings. The van der Waals surface area contributed by atoms with Crippen LogP contribution in [0.1, 0.15) is 23.2 Å². The van der Waals surface area contributed by atoms with Gasteiger partial charge in [0.2, 0.25) is 11.8 Å². The van der Waals surface area contributed by atoms with E-state index in [0.717, 1.165) is 12.8 Å². The standard InChI is InChI=1S/C17H15NO4/c19-15-13-9-4-5-10(7-6-9)14(13)16(20)18(15)12-3-1-2-11(8-12)17(21)22/h1-5,8-10,13-14H,6-7H2,(H,21,22)/t9-,10-,13+,14+/m1/s1. The molecule has 4 atom stereocenters. The third kappa shape index (κ3) is 1.68. The van der Waals surface area contributed by atoms with Crippen molar-refractivity contribution < 1.29 is 19.5 Å². The first kappa shape index (κ1) is 13.2. The summed E-state index contributed by atoms with van der Waals surface area (Å²) in [5.41, 5.74) is 0.442. The number of carboxylic acids is 1. The first-order valence-corrected chi connectivity index (χ1v) is 7.47. The van der Waals surface area contributed by atoms with E-state index >= 15 is 0 Å². The monoisotopic (exact) mass is 297 g/mol. The van der Waals surface area contributed by atoms with Crippen LogP contribution in [-0.2, 0) is 9.59 Å². The zero-order valence-electron chi connectivity index (χ0n) is 11.8. The van der Waals surface area contributed by atoms with Crippen LogP contribution < -0.4 is 4.90 Å². The fourth-order valence-corrected chi connectivity index (χ4v) is 4.11. The van der Waals surface area contributed by atoms with Crippen LogP contribution in [0.5, 0.6) is 0 Å². The van der Waals surface area contributed by atoms with E-state index in [-0.39, 0.29) is 41.0 Å². The maximum atomic E-state index is 12.7. The number of hydrogen-bond donors (Lipinski definition) is 1. The molecule has 2 bridgehead atoms. The van der Waals surface area contributed by atoms with Crippen LogP contribution >= 0.6 is 0 Å². The van der Waals surface area contributed by atoms with Gasteiger partial charge in [-0.05, 0) is 42.9 Å². The molecule has 3 aliphatic carbocycles. The molecule has 0 spiro atoms. The van der Waals surface area contributed by atoms with Gasteiger partial charge >= 0.3 is 5.97 Å². The molecular formula is C17H15NO4. The molecule has 2 amide bonds. The van der Waals surface area contributed by atoms with Gasteiger partial charge in [-0.3, -0.25) is 9.59 Å². The zero-order chi connectivity index (χ0) is 15.4. The fourth-order valence-electron chi connectivity index (χ4n) is 4.11. The van der Waals surface area contributed by atoms with Crippen LogP contribution in [-0.4, -0.2) is 22.9 Å². The summed E-state index contributed by atoms with van der Waals surface area (Å²) in [5, 5.41) is 9.09. The van der Waals surface area contributed by atoms with Crippen molar-refractivity contribution in [2.24, 2.45) is 23.7 Å². The van der Waals surface area contributed by atoms with Crippen molar-refractivity contribution in [1.82, 2.24) is 0 Å². The van der Waals surface area contributed by atoms with Crippen LogP contribution in [0, 0.1) is 23.7 Å². The quantitative estimate of drug-likeness (QED) is 0.670. The van der Waals surface area contributed by atoms with Crippen LogP contribution in [0.4, 0.5) is 5.69 Å². The SMILES string of the molecule is O=C(O)c1cccc(N2C(=O)[C@@H]3[C@@H](C2=O)[C@@H]2C=C[C@@H]3CC2)c1. The Morgan fingerprint density at radius 3 is 2.14 bits per heavy atom. The molecule has 112 valence electrons. The van der Waals surface area contributed by atoms with Crippen molar-refractivity contribution in [1.29, 1.82) is 0 Å². The molecule has 0 aromatic heterocycles. The first-order chi connectivity index (χ1) is 10.6. The Labute approximate surface area is 127 Å². The molecule has 1 saturated heterocycles. The summed E-state index contributed by atoms with van der Waals surface area (Å²) < 4.78 is 0. The Morgan fingerprint density at radius 2 is 1.64 bits per heavy atom. The lowest BCUT2D eigenvalue weighted by atomic mass is 9.63. The molecule has 1 N–H and O–H groups in total. The maximum absolute atomic E-state index is 12.7. The highest BCUT2D eigenvalue weighted by atomic mass is 16.4. The summed E-state index contributed by atoms with van der Waals surface area (Å²) in [6.07, 6.45) is 6.03. The van der Waals surface area contributed by atoms with Gasteiger partial charge in [-0.2, -0.15) is 0 Å². The van der Waals surface area contributed by atoms with Gasteiger partial charge in [-0.25, -0.2) is 9.69 Å². The molecule has 1 heterocycles. The Bertz CT molecular complexity index is 691. The van der Waals surface area contributed by atoms with E-state index in [4.69, 9.17) is 5.11 Å². The molecule has 1 aliphatic heterocycles. The lowest BCUT2D eigenvalue weighted by Gasteiger charge is -2.38. The highest BCUT2D eigenvalue weighted by Gasteiger charge is 2.56. The summed E-state index contributed by atoms with van der Waals surface area (Å²) in [5.74, 6) is -1.71. The van der Waals surface area contributed by atoms with E-state index < -0.39 is 5.97 Å². The first-order valence-electron chi connectivity index (χ1n) is 7.47. The number of amides is 2. The van der Waals surface area contributed by atoms with Crippen LogP contribution in [0.25, 0.3) is 0 Å². The Kier molecular flexibility index (Phi) is 2.73. The number of nitrogens with zero attached hydrogens (tertiary/aromatic N) is 1. The van der Waals surface area contributed by atoms with Gasteiger partial charge in [0.25, 0.3) is 0 Å². The van der Waals surface area contributed by atoms with Gasteiger partial charge in [0.15, 0.2) is 0 Å². The molecule has 5 heteroatoms. The van der Waals surface area contributed by atoms with Gasteiger partial charge in [-0.15, -0.1) is 0 Å². The number of hydrogen-bond acceptors (Lipinski definition) is 3. The normalized spacial score (nSPS) is 32.5. The van der Waals surface area contributed by atoms with Crippen LogP contribution in [0.3, 0.4) is 0 Å². The van der Waals surface area contributed by atoms with Gasteiger partial charge in [0.05, 0.1) is 23.1 Å². The predicted molar refractivity (Wildman–Crippen MR) is 78.2 cm³/mol. The number of allylic oxidation sites excluding steroid dienone is 2. The molecule has 0 unspecified atom stereocenters.